The van der Waals surface area contributed by atoms with Crippen LogP contribution in [0.3, 0.4) is 0 Å². The molecule has 2 aliphatic carbocycles. The van der Waals surface area contributed by atoms with E-state index in [-0.39, 0.29) is 0 Å². The number of hydrogen-bond acceptors (Lipinski definition) is 2. The SMILES string of the molecule is CC1CCC2(CC1)COC(CC1CCCC1)CN2. The second-order valence-corrected chi connectivity index (χ2v) is 7.16. The topological polar surface area (TPSA) is 21.3 Å². The van der Waals surface area contributed by atoms with Crippen molar-refractivity contribution in [3.05, 3.63) is 0 Å². The first kappa shape index (κ1) is 12.9. The highest BCUT2D eigenvalue weighted by Gasteiger charge is 2.38. The van der Waals surface area contributed by atoms with E-state index in [9.17, 15) is 0 Å². The highest BCUT2D eigenvalue weighted by molar-refractivity contribution is 4.96. The zero-order chi connectivity index (χ0) is 12.4. The summed E-state index contributed by atoms with van der Waals surface area (Å²) in [5, 5.41) is 3.85. The first-order chi connectivity index (χ1) is 8.76. The van der Waals surface area contributed by atoms with Crippen molar-refractivity contribution in [2.75, 3.05) is 13.2 Å². The van der Waals surface area contributed by atoms with Crippen molar-refractivity contribution in [3.63, 3.8) is 0 Å². The maximum Gasteiger partial charge on any atom is 0.0703 e. The predicted octanol–water partition coefficient (Wildman–Crippen LogP) is 3.50. The van der Waals surface area contributed by atoms with Crippen LogP contribution in [0.2, 0.25) is 0 Å². The van der Waals surface area contributed by atoms with Gasteiger partial charge < -0.3 is 10.1 Å². The summed E-state index contributed by atoms with van der Waals surface area (Å²) in [6.45, 7) is 4.46. The average Bonchev–Trinajstić information content (AvgIpc) is 2.89. The van der Waals surface area contributed by atoms with E-state index in [4.69, 9.17) is 4.74 Å². The molecule has 1 heterocycles. The average molecular weight is 251 g/mol. The normalized spacial score (nSPS) is 42.5. The third kappa shape index (κ3) is 2.91. The molecule has 1 N–H and O–H groups in total. The van der Waals surface area contributed by atoms with Crippen LogP contribution in [0.25, 0.3) is 0 Å². The summed E-state index contributed by atoms with van der Waals surface area (Å²) < 4.78 is 6.21. The van der Waals surface area contributed by atoms with Gasteiger partial charge in [-0.25, -0.2) is 0 Å². The van der Waals surface area contributed by atoms with Gasteiger partial charge in [-0.15, -0.1) is 0 Å². The van der Waals surface area contributed by atoms with Crippen LogP contribution in [0.1, 0.15) is 64.7 Å². The van der Waals surface area contributed by atoms with Gasteiger partial charge in [-0.3, -0.25) is 0 Å². The minimum absolute atomic E-state index is 0.346. The summed E-state index contributed by atoms with van der Waals surface area (Å²) >= 11 is 0. The molecule has 0 bridgehead atoms. The number of hydrogen-bond donors (Lipinski definition) is 1. The van der Waals surface area contributed by atoms with Crippen LogP contribution in [0.5, 0.6) is 0 Å². The Labute approximate surface area is 112 Å². The monoisotopic (exact) mass is 251 g/mol. The molecule has 1 saturated heterocycles. The second kappa shape index (κ2) is 5.50. The Balaban J connectivity index is 1.45. The molecule has 1 spiro atoms. The molecular weight excluding hydrogens is 222 g/mol. The summed E-state index contributed by atoms with van der Waals surface area (Å²) in [6.07, 6.45) is 13.0. The molecule has 2 saturated carbocycles. The highest BCUT2D eigenvalue weighted by Crippen LogP contribution is 2.35. The van der Waals surface area contributed by atoms with E-state index in [2.05, 4.69) is 12.2 Å². The lowest BCUT2D eigenvalue weighted by Crippen LogP contribution is -2.58. The van der Waals surface area contributed by atoms with Crippen LogP contribution in [0.15, 0.2) is 0 Å². The van der Waals surface area contributed by atoms with Gasteiger partial charge in [0.1, 0.15) is 0 Å². The van der Waals surface area contributed by atoms with Crippen LogP contribution in [0, 0.1) is 11.8 Å². The lowest BCUT2D eigenvalue weighted by molar-refractivity contribution is -0.0570. The molecule has 2 nitrogen and oxygen atoms in total. The van der Waals surface area contributed by atoms with Crippen molar-refractivity contribution < 1.29 is 4.74 Å². The third-order valence-electron chi connectivity index (χ3n) is 5.60. The predicted molar refractivity (Wildman–Crippen MR) is 74.7 cm³/mol. The van der Waals surface area contributed by atoms with E-state index < -0.39 is 0 Å². The van der Waals surface area contributed by atoms with Gasteiger partial charge in [0, 0.05) is 12.1 Å². The Hall–Kier alpha value is -0.0800. The highest BCUT2D eigenvalue weighted by atomic mass is 16.5. The summed E-state index contributed by atoms with van der Waals surface area (Å²) in [7, 11) is 0. The van der Waals surface area contributed by atoms with Crippen molar-refractivity contribution in [3.8, 4) is 0 Å². The zero-order valence-electron chi connectivity index (χ0n) is 11.9. The fourth-order valence-electron chi connectivity index (χ4n) is 4.12. The van der Waals surface area contributed by atoms with Gasteiger partial charge in [0.25, 0.3) is 0 Å². The first-order valence-electron chi connectivity index (χ1n) is 8.12. The van der Waals surface area contributed by atoms with Gasteiger partial charge in [0.2, 0.25) is 0 Å². The van der Waals surface area contributed by atoms with E-state index >= 15 is 0 Å². The minimum atomic E-state index is 0.346. The maximum absolute atomic E-state index is 6.21. The number of ether oxygens (including phenoxy) is 1. The molecule has 18 heavy (non-hydrogen) atoms. The lowest BCUT2D eigenvalue weighted by atomic mass is 9.77. The second-order valence-electron chi connectivity index (χ2n) is 7.16. The molecule has 0 aromatic rings. The molecule has 0 aromatic heterocycles. The molecule has 0 amide bonds. The minimum Gasteiger partial charge on any atom is -0.375 e. The first-order valence-corrected chi connectivity index (χ1v) is 8.12. The largest absolute Gasteiger partial charge is 0.375 e. The Bertz CT molecular complexity index is 254. The van der Waals surface area contributed by atoms with Gasteiger partial charge in [0.05, 0.1) is 12.7 Å². The number of morpholine rings is 1. The Morgan fingerprint density at radius 3 is 2.44 bits per heavy atom. The quantitative estimate of drug-likeness (QED) is 0.811. The van der Waals surface area contributed by atoms with E-state index in [1.807, 2.05) is 0 Å². The van der Waals surface area contributed by atoms with Crippen LogP contribution in [-0.2, 0) is 4.74 Å². The van der Waals surface area contributed by atoms with Gasteiger partial charge in [0.15, 0.2) is 0 Å². The molecule has 2 heteroatoms. The van der Waals surface area contributed by atoms with Crippen molar-refractivity contribution >= 4 is 0 Å². The van der Waals surface area contributed by atoms with Gasteiger partial charge in [-0.1, -0.05) is 32.6 Å². The molecule has 0 radical (unpaired) electrons. The standard InChI is InChI=1S/C16H29NO/c1-13-6-8-16(9-7-13)12-18-15(11-17-16)10-14-4-2-3-5-14/h13-15,17H,2-12H2,1H3. The molecule has 0 aromatic carbocycles. The smallest absolute Gasteiger partial charge is 0.0703 e. The fraction of sp³-hybridized carbons (Fsp3) is 1.00. The molecule has 1 atom stereocenters. The Kier molecular flexibility index (Phi) is 3.95. The number of nitrogens with one attached hydrogen (secondary N) is 1. The summed E-state index contributed by atoms with van der Waals surface area (Å²) in [4.78, 5) is 0. The molecule has 1 unspecified atom stereocenters. The van der Waals surface area contributed by atoms with Gasteiger partial charge in [-0.2, -0.15) is 0 Å². The molecule has 3 rings (SSSR count). The Morgan fingerprint density at radius 2 is 1.83 bits per heavy atom. The van der Waals surface area contributed by atoms with Crippen LogP contribution >= 0.6 is 0 Å². The third-order valence-corrected chi connectivity index (χ3v) is 5.60. The van der Waals surface area contributed by atoms with Crippen molar-refractivity contribution in [1.82, 2.24) is 5.32 Å². The molecule has 1 aliphatic heterocycles. The fourth-order valence-corrected chi connectivity index (χ4v) is 4.12. The zero-order valence-corrected chi connectivity index (χ0v) is 11.9. The maximum atomic E-state index is 6.21. The van der Waals surface area contributed by atoms with Crippen molar-refractivity contribution in [1.29, 1.82) is 0 Å². The summed E-state index contributed by atoms with van der Waals surface area (Å²) in [6, 6.07) is 0. The van der Waals surface area contributed by atoms with Crippen molar-refractivity contribution in [2.45, 2.75) is 76.4 Å². The molecule has 104 valence electrons. The summed E-state index contributed by atoms with van der Waals surface area (Å²) in [5.74, 6) is 1.88. The van der Waals surface area contributed by atoms with Crippen LogP contribution in [0.4, 0.5) is 0 Å². The van der Waals surface area contributed by atoms with E-state index in [0.717, 1.165) is 25.0 Å². The van der Waals surface area contributed by atoms with Crippen LogP contribution < -0.4 is 5.32 Å². The van der Waals surface area contributed by atoms with E-state index in [1.165, 1.54) is 57.8 Å². The molecule has 3 aliphatic rings. The van der Waals surface area contributed by atoms with E-state index in [0.29, 0.717) is 11.6 Å². The van der Waals surface area contributed by atoms with Gasteiger partial charge >= 0.3 is 0 Å². The molecule has 3 fully saturated rings. The van der Waals surface area contributed by atoms with E-state index in [1.54, 1.807) is 0 Å². The summed E-state index contributed by atoms with van der Waals surface area (Å²) in [5.41, 5.74) is 0.346. The molecular formula is C16H29NO. The number of rotatable bonds is 2. The van der Waals surface area contributed by atoms with Crippen molar-refractivity contribution in [2.24, 2.45) is 11.8 Å². The Morgan fingerprint density at radius 1 is 1.11 bits per heavy atom. The van der Waals surface area contributed by atoms with Crippen LogP contribution in [-0.4, -0.2) is 24.8 Å². The lowest BCUT2D eigenvalue weighted by Gasteiger charge is -2.45. The van der Waals surface area contributed by atoms with Gasteiger partial charge in [-0.05, 0) is 43.9 Å².